The summed E-state index contributed by atoms with van der Waals surface area (Å²) in [5, 5.41) is 3.18. The molecule has 40 heavy (non-hydrogen) atoms. The normalized spacial score (nSPS) is 14.1. The van der Waals surface area contributed by atoms with Gasteiger partial charge in [-0.3, -0.25) is 14.5 Å². The SMILES string of the molecule is COc1ccc([C@H](C(=O)NC2CCCC2)N(C(=O)c2snc(-c3ccc(F)cc3)c2N)c2ccc(C)cc2)cc1. The lowest BCUT2D eigenvalue weighted by molar-refractivity contribution is -0.123. The molecule has 206 valence electrons. The molecule has 4 aromatic rings. The number of ether oxygens (including phenoxy) is 1. The highest BCUT2D eigenvalue weighted by Gasteiger charge is 2.36. The van der Waals surface area contributed by atoms with Crippen molar-refractivity contribution in [1.29, 1.82) is 0 Å². The van der Waals surface area contributed by atoms with Crippen LogP contribution in [0.3, 0.4) is 0 Å². The first kappa shape index (κ1) is 27.3. The quantitative estimate of drug-likeness (QED) is 0.265. The van der Waals surface area contributed by atoms with E-state index in [4.69, 9.17) is 10.5 Å². The number of carbonyl (C=O) groups is 2. The van der Waals surface area contributed by atoms with Crippen molar-refractivity contribution in [1.82, 2.24) is 9.69 Å². The van der Waals surface area contributed by atoms with E-state index in [2.05, 4.69) is 9.69 Å². The van der Waals surface area contributed by atoms with Gasteiger partial charge in [-0.05, 0) is 85.4 Å². The zero-order valence-corrected chi connectivity index (χ0v) is 23.2. The summed E-state index contributed by atoms with van der Waals surface area (Å²) in [6.07, 6.45) is 3.93. The van der Waals surface area contributed by atoms with Crippen LogP contribution in [0.25, 0.3) is 11.3 Å². The second-order valence-electron chi connectivity index (χ2n) is 9.96. The summed E-state index contributed by atoms with van der Waals surface area (Å²) >= 11 is 0.961. The number of nitrogen functional groups attached to an aromatic ring is 1. The summed E-state index contributed by atoms with van der Waals surface area (Å²) in [6.45, 7) is 1.96. The minimum Gasteiger partial charge on any atom is -0.497 e. The van der Waals surface area contributed by atoms with Crippen LogP contribution in [-0.2, 0) is 4.79 Å². The molecular weight excluding hydrogens is 527 g/mol. The molecule has 2 amide bonds. The van der Waals surface area contributed by atoms with E-state index in [0.29, 0.717) is 28.3 Å². The number of anilines is 2. The van der Waals surface area contributed by atoms with Crippen molar-refractivity contribution >= 4 is 34.7 Å². The van der Waals surface area contributed by atoms with Gasteiger partial charge in [0.15, 0.2) is 0 Å². The number of hydrogen-bond acceptors (Lipinski definition) is 6. The molecule has 9 heteroatoms. The summed E-state index contributed by atoms with van der Waals surface area (Å²) < 4.78 is 23.3. The third-order valence-corrected chi connectivity index (χ3v) is 8.06. The van der Waals surface area contributed by atoms with E-state index in [9.17, 15) is 14.0 Å². The summed E-state index contributed by atoms with van der Waals surface area (Å²) in [5.41, 5.74) is 9.87. The van der Waals surface area contributed by atoms with Gasteiger partial charge in [0.1, 0.15) is 28.2 Å². The average Bonchev–Trinajstić information content (AvgIpc) is 3.62. The highest BCUT2D eigenvalue weighted by molar-refractivity contribution is 7.09. The van der Waals surface area contributed by atoms with E-state index in [1.54, 1.807) is 43.5 Å². The number of aryl methyl sites for hydroxylation is 1. The van der Waals surface area contributed by atoms with Crippen molar-refractivity contribution in [3.63, 3.8) is 0 Å². The molecule has 1 heterocycles. The Hall–Kier alpha value is -4.24. The fourth-order valence-electron chi connectivity index (χ4n) is 5.02. The van der Waals surface area contributed by atoms with Crippen LogP contribution in [0.15, 0.2) is 72.8 Å². The molecule has 7 nitrogen and oxygen atoms in total. The molecule has 5 rings (SSSR count). The van der Waals surface area contributed by atoms with Crippen molar-refractivity contribution in [2.45, 2.75) is 44.7 Å². The number of rotatable bonds is 8. The van der Waals surface area contributed by atoms with Crippen LogP contribution in [0, 0.1) is 12.7 Å². The predicted molar refractivity (Wildman–Crippen MR) is 156 cm³/mol. The number of amides is 2. The van der Waals surface area contributed by atoms with Gasteiger partial charge in [0, 0.05) is 17.3 Å². The van der Waals surface area contributed by atoms with E-state index < -0.39 is 11.9 Å². The minimum absolute atomic E-state index is 0.0572. The van der Waals surface area contributed by atoms with Crippen molar-refractivity contribution in [3.8, 4) is 17.0 Å². The van der Waals surface area contributed by atoms with E-state index in [0.717, 1.165) is 42.8 Å². The molecule has 1 atom stereocenters. The van der Waals surface area contributed by atoms with Crippen LogP contribution in [-0.4, -0.2) is 29.3 Å². The predicted octanol–water partition coefficient (Wildman–Crippen LogP) is 6.30. The van der Waals surface area contributed by atoms with E-state index in [-0.39, 0.29) is 28.3 Å². The summed E-state index contributed by atoms with van der Waals surface area (Å²) in [6, 6.07) is 19.5. The van der Waals surface area contributed by atoms with Gasteiger partial charge >= 0.3 is 0 Å². The van der Waals surface area contributed by atoms with Crippen LogP contribution < -0.4 is 20.7 Å². The van der Waals surface area contributed by atoms with Crippen molar-refractivity contribution in [2.24, 2.45) is 0 Å². The van der Waals surface area contributed by atoms with Gasteiger partial charge < -0.3 is 15.8 Å². The molecule has 1 aliphatic carbocycles. The number of halogens is 1. The molecule has 0 aliphatic heterocycles. The Morgan fingerprint density at radius 1 is 1.02 bits per heavy atom. The van der Waals surface area contributed by atoms with Gasteiger partial charge in [0.2, 0.25) is 5.91 Å². The topological polar surface area (TPSA) is 97.5 Å². The second kappa shape index (κ2) is 11.9. The van der Waals surface area contributed by atoms with Gasteiger partial charge in [-0.2, -0.15) is 4.37 Å². The Bertz CT molecular complexity index is 1480. The lowest BCUT2D eigenvalue weighted by Gasteiger charge is -2.32. The summed E-state index contributed by atoms with van der Waals surface area (Å²) in [4.78, 5) is 30.1. The van der Waals surface area contributed by atoms with E-state index >= 15 is 0 Å². The van der Waals surface area contributed by atoms with Crippen LogP contribution in [0.4, 0.5) is 15.8 Å². The fourth-order valence-corrected chi connectivity index (χ4v) is 5.78. The highest BCUT2D eigenvalue weighted by Crippen LogP contribution is 2.37. The Labute approximate surface area is 236 Å². The first-order valence-corrected chi connectivity index (χ1v) is 14.0. The molecule has 1 saturated carbocycles. The van der Waals surface area contributed by atoms with Gasteiger partial charge in [-0.25, -0.2) is 4.39 Å². The Balaban J connectivity index is 1.61. The first-order chi connectivity index (χ1) is 19.4. The fraction of sp³-hybridized carbons (Fsp3) is 0.258. The van der Waals surface area contributed by atoms with Crippen LogP contribution in [0.5, 0.6) is 5.75 Å². The molecule has 0 spiro atoms. The lowest BCUT2D eigenvalue weighted by Crippen LogP contribution is -2.46. The minimum atomic E-state index is -0.975. The molecular formula is C31H31FN4O3S. The first-order valence-electron chi connectivity index (χ1n) is 13.2. The molecule has 0 radical (unpaired) electrons. The average molecular weight is 559 g/mol. The molecule has 0 unspecified atom stereocenters. The molecule has 0 bridgehead atoms. The molecule has 3 aromatic carbocycles. The Morgan fingerprint density at radius 3 is 2.30 bits per heavy atom. The largest absolute Gasteiger partial charge is 0.497 e. The van der Waals surface area contributed by atoms with Gasteiger partial charge in [-0.15, -0.1) is 0 Å². The van der Waals surface area contributed by atoms with Crippen molar-refractivity contribution in [2.75, 3.05) is 17.7 Å². The van der Waals surface area contributed by atoms with Gasteiger partial charge in [-0.1, -0.05) is 42.7 Å². The second-order valence-corrected chi connectivity index (χ2v) is 10.7. The smallest absolute Gasteiger partial charge is 0.273 e. The molecule has 1 aliphatic rings. The molecule has 0 saturated heterocycles. The summed E-state index contributed by atoms with van der Waals surface area (Å²) in [5.74, 6) is -0.458. The third kappa shape index (κ3) is 5.70. The molecule has 1 fully saturated rings. The third-order valence-electron chi connectivity index (χ3n) is 7.21. The maximum absolute atomic E-state index is 14.4. The number of nitrogens with zero attached hydrogens (tertiary/aromatic N) is 2. The van der Waals surface area contributed by atoms with Gasteiger partial charge in [0.05, 0.1) is 12.8 Å². The van der Waals surface area contributed by atoms with Crippen molar-refractivity contribution < 1.29 is 18.7 Å². The maximum atomic E-state index is 14.4. The standard InChI is InChI=1S/C31H31FN4O3S/c1-19-7-15-24(16-8-19)36(31(38)29-26(33)27(35-40-29)20-9-13-22(32)14-10-20)28(21-11-17-25(39-2)18-12-21)30(37)34-23-5-3-4-6-23/h7-18,23,28H,3-6,33H2,1-2H3,(H,34,37)/t28-/m1/s1. The highest BCUT2D eigenvalue weighted by atomic mass is 32.1. The molecule has 3 N–H and O–H groups in total. The number of nitrogens with one attached hydrogen (secondary N) is 1. The number of nitrogens with two attached hydrogens (primary N) is 1. The molecule has 1 aromatic heterocycles. The van der Waals surface area contributed by atoms with Gasteiger partial charge in [0.25, 0.3) is 5.91 Å². The van der Waals surface area contributed by atoms with E-state index in [1.165, 1.54) is 17.0 Å². The number of hydrogen-bond donors (Lipinski definition) is 2. The van der Waals surface area contributed by atoms with Crippen molar-refractivity contribution in [3.05, 3.63) is 94.6 Å². The number of benzene rings is 3. The zero-order chi connectivity index (χ0) is 28.2. The van der Waals surface area contributed by atoms with E-state index in [1.807, 2.05) is 31.2 Å². The summed E-state index contributed by atoms with van der Waals surface area (Å²) in [7, 11) is 1.58. The van der Waals surface area contributed by atoms with Crippen LogP contribution in [0.2, 0.25) is 0 Å². The number of aromatic nitrogens is 1. The van der Waals surface area contributed by atoms with Crippen LogP contribution in [0.1, 0.15) is 52.5 Å². The lowest BCUT2D eigenvalue weighted by atomic mass is 10.0. The zero-order valence-electron chi connectivity index (χ0n) is 22.4. The number of carbonyl (C=O) groups excluding carboxylic acids is 2. The van der Waals surface area contributed by atoms with Crippen LogP contribution >= 0.6 is 11.5 Å². The monoisotopic (exact) mass is 558 g/mol. The maximum Gasteiger partial charge on any atom is 0.273 e. The Kier molecular flexibility index (Phi) is 8.11. The Morgan fingerprint density at radius 2 is 1.68 bits per heavy atom. The number of methoxy groups -OCH3 is 1.